The fourth-order valence-electron chi connectivity index (χ4n) is 3.37. The lowest BCUT2D eigenvalue weighted by atomic mass is 9.91. The second-order valence-corrected chi connectivity index (χ2v) is 5.84. The number of hydroxylamine groups is 2. The summed E-state index contributed by atoms with van der Waals surface area (Å²) in [6, 6.07) is 6.97. The summed E-state index contributed by atoms with van der Waals surface area (Å²) in [6.07, 6.45) is -0.927. The van der Waals surface area contributed by atoms with Gasteiger partial charge in [0.2, 0.25) is 0 Å². The van der Waals surface area contributed by atoms with Crippen molar-refractivity contribution in [2.75, 3.05) is 6.61 Å². The third kappa shape index (κ3) is 2.24. The van der Waals surface area contributed by atoms with Gasteiger partial charge in [0, 0.05) is 11.8 Å². The first kappa shape index (κ1) is 15.3. The minimum atomic E-state index is -0.751. The molecule has 24 heavy (non-hydrogen) atoms. The topological polar surface area (TPSA) is 78.2 Å². The molecule has 3 atom stereocenters. The highest BCUT2D eigenvalue weighted by Gasteiger charge is 2.47. The maximum absolute atomic E-state index is 12.4. The first-order valence-electron chi connectivity index (χ1n) is 7.95. The summed E-state index contributed by atoms with van der Waals surface area (Å²) in [5, 5.41) is 2.14. The van der Waals surface area contributed by atoms with E-state index in [0.717, 1.165) is 10.9 Å². The number of para-hydroxylation sites is 1. The van der Waals surface area contributed by atoms with Crippen molar-refractivity contribution in [3.63, 3.8) is 0 Å². The van der Waals surface area contributed by atoms with E-state index in [0.29, 0.717) is 17.6 Å². The molecule has 0 saturated carbocycles. The summed E-state index contributed by atoms with van der Waals surface area (Å²) < 4.78 is 10.4. The maximum atomic E-state index is 12.4. The van der Waals surface area contributed by atoms with Crippen molar-refractivity contribution < 1.29 is 23.6 Å². The molecule has 0 radical (unpaired) electrons. The number of hydrogen-bond acceptors (Lipinski definition) is 7. The van der Waals surface area contributed by atoms with E-state index in [4.69, 9.17) is 18.8 Å². The highest BCUT2D eigenvalue weighted by atomic mass is 17.0. The van der Waals surface area contributed by atoms with Gasteiger partial charge in [-0.25, -0.2) is 9.59 Å². The number of carbonyl (C=O) groups is 1. The second kappa shape index (κ2) is 5.70. The monoisotopic (exact) mass is 331 g/mol. The molecular weight excluding hydrogens is 314 g/mol. The molecule has 1 aromatic carbocycles. The molecule has 7 heteroatoms. The molecule has 1 aromatic heterocycles. The summed E-state index contributed by atoms with van der Waals surface area (Å²) in [7, 11) is 0. The minimum absolute atomic E-state index is 0.281. The van der Waals surface area contributed by atoms with Crippen molar-refractivity contribution in [3.05, 3.63) is 45.8 Å². The predicted octanol–water partition coefficient (Wildman–Crippen LogP) is 2.41. The number of hydrogen-bond donors (Lipinski definition) is 0. The normalized spacial score (nSPS) is 26.2. The van der Waals surface area contributed by atoms with E-state index in [-0.39, 0.29) is 12.6 Å². The Morgan fingerprint density at radius 3 is 2.88 bits per heavy atom. The van der Waals surface area contributed by atoms with Crippen molar-refractivity contribution in [2.24, 2.45) is 0 Å². The number of benzene rings is 1. The van der Waals surface area contributed by atoms with Crippen molar-refractivity contribution in [1.82, 2.24) is 5.23 Å². The van der Waals surface area contributed by atoms with Gasteiger partial charge in [0.15, 0.2) is 6.10 Å². The number of rotatable bonds is 2. The van der Waals surface area contributed by atoms with Gasteiger partial charge in [-0.15, -0.1) is 0 Å². The van der Waals surface area contributed by atoms with Gasteiger partial charge in [-0.1, -0.05) is 23.4 Å². The highest BCUT2D eigenvalue weighted by molar-refractivity contribution is 5.82. The van der Waals surface area contributed by atoms with Gasteiger partial charge in [-0.3, -0.25) is 9.68 Å². The Bertz CT molecular complexity index is 860. The first-order valence-corrected chi connectivity index (χ1v) is 7.95. The van der Waals surface area contributed by atoms with Crippen molar-refractivity contribution >= 4 is 16.9 Å². The quantitative estimate of drug-likeness (QED) is 0.617. The third-order valence-electron chi connectivity index (χ3n) is 4.36. The Morgan fingerprint density at radius 2 is 2.08 bits per heavy atom. The van der Waals surface area contributed by atoms with E-state index < -0.39 is 23.8 Å². The molecule has 0 aliphatic carbocycles. The molecule has 1 fully saturated rings. The lowest BCUT2D eigenvalue weighted by molar-refractivity contribution is -0.393. The van der Waals surface area contributed by atoms with E-state index in [9.17, 15) is 9.59 Å². The average molecular weight is 331 g/mol. The molecule has 0 N–H and O–H groups in total. The molecule has 0 spiro atoms. The largest absolute Gasteiger partial charge is 0.464 e. The third-order valence-corrected chi connectivity index (χ3v) is 4.36. The minimum Gasteiger partial charge on any atom is -0.464 e. The zero-order chi connectivity index (χ0) is 16.8. The number of carbonyl (C=O) groups excluding carboxylic acids is 1. The molecule has 3 heterocycles. The molecule has 2 aromatic rings. The molecule has 2 aliphatic heterocycles. The zero-order valence-electron chi connectivity index (χ0n) is 13.4. The number of ether oxygens (including phenoxy) is 1. The van der Waals surface area contributed by atoms with Crippen LogP contribution in [0.4, 0.5) is 0 Å². The first-order chi connectivity index (χ1) is 11.6. The lowest BCUT2D eigenvalue weighted by Crippen LogP contribution is -2.34. The summed E-state index contributed by atoms with van der Waals surface area (Å²) in [4.78, 5) is 35.7. The predicted molar refractivity (Wildman–Crippen MR) is 82.7 cm³/mol. The van der Waals surface area contributed by atoms with E-state index in [2.05, 4.69) is 0 Å². The van der Waals surface area contributed by atoms with Crippen LogP contribution in [0, 0.1) is 0 Å². The molecule has 0 unspecified atom stereocenters. The average Bonchev–Trinajstić information content (AvgIpc) is 2.98. The van der Waals surface area contributed by atoms with Crippen molar-refractivity contribution in [3.8, 4) is 0 Å². The van der Waals surface area contributed by atoms with Gasteiger partial charge in [-0.05, 0) is 25.5 Å². The van der Waals surface area contributed by atoms with Crippen LogP contribution in [0.1, 0.15) is 43.5 Å². The Morgan fingerprint density at radius 1 is 1.29 bits per heavy atom. The lowest BCUT2D eigenvalue weighted by Gasteiger charge is -2.32. The van der Waals surface area contributed by atoms with Gasteiger partial charge in [0.25, 0.3) is 0 Å². The van der Waals surface area contributed by atoms with Crippen molar-refractivity contribution in [2.45, 2.75) is 38.5 Å². The van der Waals surface area contributed by atoms with Crippen LogP contribution in [0.2, 0.25) is 0 Å². The molecule has 1 saturated heterocycles. The smallest absolute Gasteiger partial charge is 0.342 e. The number of nitrogens with zero attached hydrogens (tertiary/aromatic N) is 1. The summed E-state index contributed by atoms with van der Waals surface area (Å²) in [5.74, 6) is -0.433. The summed E-state index contributed by atoms with van der Waals surface area (Å²) in [6.45, 7) is 3.78. The molecule has 0 amide bonds. The van der Waals surface area contributed by atoms with Crippen molar-refractivity contribution in [1.29, 1.82) is 0 Å². The van der Waals surface area contributed by atoms with Crippen LogP contribution in [0.15, 0.2) is 33.5 Å². The van der Waals surface area contributed by atoms with Gasteiger partial charge in [0.1, 0.15) is 11.7 Å². The van der Waals surface area contributed by atoms with E-state index >= 15 is 0 Å². The van der Waals surface area contributed by atoms with Gasteiger partial charge in [-0.2, -0.15) is 0 Å². The Balaban J connectivity index is 1.84. The van der Waals surface area contributed by atoms with Crippen LogP contribution >= 0.6 is 0 Å². The standard InChI is InChI=1S/C17H17NO6/c1-3-21-16(19)13-8-11-15-10-6-4-5-7-12(10)22-17(20)14(15)9(2)23-18(11)24-13/h4-7,9,11,13H,3,8H2,1-2H3/t9-,11-,13-/m0/s1. The Kier molecular flexibility index (Phi) is 3.64. The number of esters is 1. The van der Waals surface area contributed by atoms with Gasteiger partial charge < -0.3 is 9.15 Å². The zero-order valence-corrected chi connectivity index (χ0v) is 13.4. The summed E-state index contributed by atoms with van der Waals surface area (Å²) in [5.41, 5.74) is 1.36. The Hall–Kier alpha value is -2.22. The molecule has 2 aliphatic rings. The van der Waals surface area contributed by atoms with Gasteiger partial charge >= 0.3 is 11.6 Å². The molecule has 126 valence electrons. The molecular formula is C17H17NO6. The second-order valence-electron chi connectivity index (χ2n) is 5.84. The fourth-order valence-corrected chi connectivity index (χ4v) is 3.37. The maximum Gasteiger partial charge on any atom is 0.342 e. The van der Waals surface area contributed by atoms with Crippen LogP contribution in [0.5, 0.6) is 0 Å². The molecule has 4 rings (SSSR count). The van der Waals surface area contributed by atoms with Crippen LogP contribution in [0.3, 0.4) is 0 Å². The molecule has 7 nitrogen and oxygen atoms in total. The van der Waals surface area contributed by atoms with Gasteiger partial charge in [0.05, 0.1) is 18.2 Å². The van der Waals surface area contributed by atoms with Crippen LogP contribution in [0.25, 0.3) is 11.0 Å². The fraction of sp³-hybridized carbons (Fsp3) is 0.412. The summed E-state index contributed by atoms with van der Waals surface area (Å²) >= 11 is 0. The highest BCUT2D eigenvalue weighted by Crippen LogP contribution is 2.45. The van der Waals surface area contributed by atoms with Crippen LogP contribution < -0.4 is 5.63 Å². The Labute approximate surface area is 137 Å². The van der Waals surface area contributed by atoms with E-state index in [1.54, 1.807) is 19.9 Å². The number of fused-ring (bicyclic) bond motifs is 5. The van der Waals surface area contributed by atoms with E-state index in [1.807, 2.05) is 18.2 Å². The SMILES string of the molecule is CCOC(=O)[C@@H]1C[C@H]2c3c(c(=O)oc4ccccc34)[C@H](C)ON2O1. The van der Waals surface area contributed by atoms with Crippen LogP contribution in [-0.2, 0) is 19.2 Å². The van der Waals surface area contributed by atoms with Crippen LogP contribution in [-0.4, -0.2) is 23.9 Å². The molecule has 0 bridgehead atoms. The van der Waals surface area contributed by atoms with E-state index in [1.165, 1.54) is 5.23 Å².